The minimum absolute atomic E-state index is 0.0670. The Hall–Kier alpha value is -2.57. The number of hydrogen-bond acceptors (Lipinski definition) is 5. The topological polar surface area (TPSA) is 81.7 Å². The van der Waals surface area contributed by atoms with Gasteiger partial charge < -0.3 is 14.8 Å². The van der Waals surface area contributed by atoms with E-state index in [4.69, 9.17) is 32.7 Å². The number of benzene rings is 2. The molecule has 0 heterocycles. The van der Waals surface area contributed by atoms with E-state index in [0.29, 0.717) is 0 Å². The first-order chi connectivity index (χ1) is 13.9. The summed E-state index contributed by atoms with van der Waals surface area (Å²) in [6.45, 7) is 3.54. The summed E-state index contributed by atoms with van der Waals surface area (Å²) in [5.74, 6) is -1.71. The smallest absolute Gasteiger partial charge is 0.336 e. The van der Waals surface area contributed by atoms with Gasteiger partial charge >= 0.3 is 5.97 Å². The molecule has 0 saturated heterocycles. The Morgan fingerprint density at radius 2 is 1.66 bits per heavy atom. The van der Waals surface area contributed by atoms with Crippen LogP contribution < -0.4 is 10.1 Å². The predicted molar refractivity (Wildman–Crippen MR) is 110 cm³/mol. The van der Waals surface area contributed by atoms with Crippen LogP contribution in [0.15, 0.2) is 42.5 Å². The highest BCUT2D eigenvalue weighted by atomic mass is 35.5. The minimum Gasteiger partial charge on any atom is -0.486 e. The second-order valence-electron chi connectivity index (χ2n) is 6.02. The van der Waals surface area contributed by atoms with E-state index in [2.05, 4.69) is 5.32 Å². The van der Waals surface area contributed by atoms with Gasteiger partial charge in [0.2, 0.25) is 0 Å². The molecule has 0 aliphatic carbocycles. The molecule has 2 aromatic rings. The first-order valence-corrected chi connectivity index (χ1v) is 9.78. The molecule has 0 fully saturated rings. The molecule has 2 rings (SSSR count). The standard InChI is InChI=1S/C21H21Cl2NO5/c1-3-17(25)18(21(27)28-4-2)24-20(26)14-10-15(22)19(16(23)11-14)29-12-13-8-6-5-7-9-13/h5-11,18H,3-4,12H2,1-2H3,(H,24,26). The number of amides is 1. The molecule has 0 radical (unpaired) electrons. The van der Waals surface area contributed by atoms with Crippen molar-refractivity contribution in [1.82, 2.24) is 5.32 Å². The van der Waals surface area contributed by atoms with Crippen molar-refractivity contribution in [1.29, 1.82) is 0 Å². The highest BCUT2D eigenvalue weighted by molar-refractivity contribution is 6.37. The number of Topliss-reactive ketones (excluding diaryl/α,β-unsaturated/α-hetero) is 1. The highest BCUT2D eigenvalue weighted by Crippen LogP contribution is 2.34. The van der Waals surface area contributed by atoms with Gasteiger partial charge in [0.05, 0.1) is 16.7 Å². The molecule has 0 aliphatic heterocycles. The summed E-state index contributed by atoms with van der Waals surface area (Å²) in [5.41, 5.74) is 1.02. The van der Waals surface area contributed by atoms with E-state index >= 15 is 0 Å². The van der Waals surface area contributed by atoms with Crippen molar-refractivity contribution in [3.63, 3.8) is 0 Å². The summed E-state index contributed by atoms with van der Waals surface area (Å²) in [5, 5.41) is 2.64. The van der Waals surface area contributed by atoms with E-state index in [1.807, 2.05) is 30.3 Å². The molecule has 1 unspecified atom stereocenters. The maximum absolute atomic E-state index is 12.6. The van der Waals surface area contributed by atoms with E-state index in [1.54, 1.807) is 13.8 Å². The van der Waals surface area contributed by atoms with Crippen LogP contribution in [0.5, 0.6) is 5.75 Å². The van der Waals surface area contributed by atoms with Gasteiger partial charge in [-0.15, -0.1) is 0 Å². The molecule has 0 bridgehead atoms. The molecule has 8 heteroatoms. The first-order valence-electron chi connectivity index (χ1n) is 9.03. The van der Waals surface area contributed by atoms with E-state index in [1.165, 1.54) is 12.1 Å². The van der Waals surface area contributed by atoms with Crippen LogP contribution in [0.3, 0.4) is 0 Å². The molecule has 154 valence electrons. The van der Waals surface area contributed by atoms with E-state index in [-0.39, 0.29) is 41.0 Å². The van der Waals surface area contributed by atoms with Crippen LogP contribution in [-0.4, -0.2) is 30.3 Å². The molecular weight excluding hydrogens is 417 g/mol. The molecule has 1 atom stereocenters. The zero-order chi connectivity index (χ0) is 21.4. The number of hydrogen-bond donors (Lipinski definition) is 1. The summed E-state index contributed by atoms with van der Waals surface area (Å²) >= 11 is 12.5. The molecule has 0 saturated carbocycles. The van der Waals surface area contributed by atoms with Crippen LogP contribution in [0.25, 0.3) is 0 Å². The molecule has 6 nitrogen and oxygen atoms in total. The number of carbonyl (C=O) groups is 3. The monoisotopic (exact) mass is 437 g/mol. The number of nitrogens with one attached hydrogen (secondary N) is 1. The Bertz CT molecular complexity index is 863. The molecule has 0 spiro atoms. The lowest BCUT2D eigenvalue weighted by Gasteiger charge is -2.16. The van der Waals surface area contributed by atoms with Gasteiger partial charge in [-0.25, -0.2) is 4.79 Å². The van der Waals surface area contributed by atoms with Crippen LogP contribution in [-0.2, 0) is 20.9 Å². The normalized spacial score (nSPS) is 11.4. The lowest BCUT2D eigenvalue weighted by molar-refractivity contribution is -0.148. The Kier molecular flexibility index (Phi) is 8.49. The molecule has 0 aliphatic rings. The van der Waals surface area contributed by atoms with Crippen LogP contribution >= 0.6 is 23.2 Å². The van der Waals surface area contributed by atoms with Crippen molar-refractivity contribution >= 4 is 40.9 Å². The molecule has 0 aromatic heterocycles. The van der Waals surface area contributed by atoms with Crippen molar-refractivity contribution < 1.29 is 23.9 Å². The zero-order valence-corrected chi connectivity index (χ0v) is 17.5. The van der Waals surface area contributed by atoms with Gasteiger partial charge in [-0.2, -0.15) is 0 Å². The number of rotatable bonds is 9. The molecule has 1 amide bonds. The number of carbonyl (C=O) groups excluding carboxylic acids is 3. The average Bonchev–Trinajstić information content (AvgIpc) is 2.71. The second kappa shape index (κ2) is 10.8. The van der Waals surface area contributed by atoms with Crippen molar-refractivity contribution in [2.24, 2.45) is 0 Å². The summed E-state index contributed by atoms with van der Waals surface area (Å²) in [4.78, 5) is 36.6. The fraction of sp³-hybridized carbons (Fsp3) is 0.286. The quantitative estimate of drug-likeness (QED) is 0.469. The summed E-state index contributed by atoms with van der Waals surface area (Å²) < 4.78 is 10.5. The third-order valence-electron chi connectivity index (χ3n) is 3.95. The maximum Gasteiger partial charge on any atom is 0.336 e. The van der Waals surface area contributed by atoms with Gasteiger partial charge in [0.1, 0.15) is 6.61 Å². The Balaban J connectivity index is 2.16. The predicted octanol–water partition coefficient (Wildman–Crippen LogP) is 4.21. The van der Waals surface area contributed by atoms with Gasteiger partial charge in [-0.1, -0.05) is 60.5 Å². The largest absolute Gasteiger partial charge is 0.486 e. The van der Waals surface area contributed by atoms with Crippen molar-refractivity contribution in [2.75, 3.05) is 6.61 Å². The number of halogens is 2. The molecular formula is C21H21Cl2NO5. The van der Waals surface area contributed by atoms with E-state index < -0.39 is 23.7 Å². The van der Waals surface area contributed by atoms with Crippen LogP contribution in [0, 0.1) is 0 Å². The summed E-state index contributed by atoms with van der Waals surface area (Å²) in [7, 11) is 0. The van der Waals surface area contributed by atoms with Gasteiger partial charge in [0.15, 0.2) is 17.6 Å². The van der Waals surface area contributed by atoms with Crippen LogP contribution in [0.4, 0.5) is 0 Å². The van der Waals surface area contributed by atoms with Crippen molar-refractivity contribution in [3.8, 4) is 5.75 Å². The van der Waals surface area contributed by atoms with Gasteiger partial charge in [-0.3, -0.25) is 9.59 Å². The number of ether oxygens (including phenoxy) is 2. The molecule has 2 aromatic carbocycles. The van der Waals surface area contributed by atoms with Crippen molar-refractivity contribution in [3.05, 3.63) is 63.6 Å². The fourth-order valence-electron chi connectivity index (χ4n) is 2.47. The third-order valence-corrected chi connectivity index (χ3v) is 4.52. The van der Waals surface area contributed by atoms with Crippen molar-refractivity contribution in [2.45, 2.75) is 32.9 Å². The van der Waals surface area contributed by atoms with Crippen LogP contribution in [0.1, 0.15) is 36.2 Å². The average molecular weight is 438 g/mol. The molecule has 29 heavy (non-hydrogen) atoms. The SMILES string of the molecule is CCOC(=O)C(NC(=O)c1cc(Cl)c(OCc2ccccc2)c(Cl)c1)C(=O)CC. The lowest BCUT2D eigenvalue weighted by atomic mass is 10.1. The Labute approximate surface area is 179 Å². The summed E-state index contributed by atoms with van der Waals surface area (Å²) in [6, 6.07) is 10.8. The lowest BCUT2D eigenvalue weighted by Crippen LogP contribution is -2.47. The van der Waals surface area contributed by atoms with E-state index in [9.17, 15) is 14.4 Å². The maximum atomic E-state index is 12.6. The zero-order valence-electron chi connectivity index (χ0n) is 16.0. The second-order valence-corrected chi connectivity index (χ2v) is 6.84. The minimum atomic E-state index is -1.39. The third kappa shape index (κ3) is 6.21. The first kappa shape index (κ1) is 22.7. The van der Waals surface area contributed by atoms with Gasteiger partial charge in [0, 0.05) is 12.0 Å². The van der Waals surface area contributed by atoms with Crippen LogP contribution in [0.2, 0.25) is 10.0 Å². The summed E-state index contributed by atoms with van der Waals surface area (Å²) in [6.07, 6.45) is 0.0670. The number of ketones is 1. The van der Waals surface area contributed by atoms with E-state index in [0.717, 1.165) is 5.56 Å². The van der Waals surface area contributed by atoms with Gasteiger partial charge in [-0.05, 0) is 24.6 Å². The molecule has 1 N–H and O–H groups in total. The van der Waals surface area contributed by atoms with Gasteiger partial charge in [0.25, 0.3) is 5.91 Å². The Morgan fingerprint density at radius 3 is 2.21 bits per heavy atom. The fourth-order valence-corrected chi connectivity index (χ4v) is 3.07. The Morgan fingerprint density at radius 1 is 1.03 bits per heavy atom. The number of esters is 1. The highest BCUT2D eigenvalue weighted by Gasteiger charge is 2.29.